The van der Waals surface area contributed by atoms with Crippen LogP contribution >= 0.6 is 0 Å². The summed E-state index contributed by atoms with van der Waals surface area (Å²) in [7, 11) is 0. The summed E-state index contributed by atoms with van der Waals surface area (Å²) in [5.41, 5.74) is 7.60. The predicted molar refractivity (Wildman–Crippen MR) is 65.6 cm³/mol. The summed E-state index contributed by atoms with van der Waals surface area (Å²) < 4.78 is 6.61. The maximum absolute atomic E-state index is 11.4. The van der Waals surface area contributed by atoms with Crippen molar-refractivity contribution < 1.29 is 25.0 Å². The second kappa shape index (κ2) is 4.89. The van der Waals surface area contributed by atoms with E-state index < -0.39 is 30.4 Å². The molecule has 11 heteroatoms. The van der Waals surface area contributed by atoms with E-state index in [1.165, 1.54) is 22.7 Å². The zero-order valence-electron chi connectivity index (χ0n) is 10.5. The molecule has 1 aliphatic rings. The van der Waals surface area contributed by atoms with E-state index in [1.807, 2.05) is 0 Å². The van der Waals surface area contributed by atoms with Crippen molar-refractivity contribution in [3.8, 4) is 0 Å². The van der Waals surface area contributed by atoms with Gasteiger partial charge < -0.3 is 20.7 Å². The van der Waals surface area contributed by atoms with Crippen LogP contribution in [0.3, 0.4) is 0 Å². The summed E-state index contributed by atoms with van der Waals surface area (Å²) >= 11 is 0. The number of ether oxygens (including phenoxy) is 1. The average molecular weight is 296 g/mol. The fourth-order valence-corrected chi connectivity index (χ4v) is 2.23. The van der Waals surface area contributed by atoms with E-state index in [9.17, 15) is 15.0 Å². The van der Waals surface area contributed by atoms with E-state index in [1.54, 1.807) is 0 Å². The first-order chi connectivity index (χ1) is 10.0. The lowest BCUT2D eigenvalue weighted by molar-refractivity contribution is -0.146. The van der Waals surface area contributed by atoms with Gasteiger partial charge in [-0.25, -0.2) is 20.4 Å². The third-order valence-electron chi connectivity index (χ3n) is 3.27. The van der Waals surface area contributed by atoms with Crippen LogP contribution in [0.1, 0.15) is 6.23 Å². The van der Waals surface area contributed by atoms with Gasteiger partial charge >= 0.3 is 0 Å². The first-order valence-electron chi connectivity index (χ1n) is 5.93. The van der Waals surface area contributed by atoms with Crippen molar-refractivity contribution in [3.63, 3.8) is 0 Å². The number of nitrogens with zero attached hydrogens (tertiary/aromatic N) is 4. The molecule has 3 heterocycles. The van der Waals surface area contributed by atoms with E-state index in [4.69, 9.17) is 15.7 Å². The molecule has 1 aliphatic heterocycles. The molecule has 3 rings (SSSR count). The molecule has 0 aromatic carbocycles. The van der Waals surface area contributed by atoms with Crippen LogP contribution in [0.4, 0.5) is 5.82 Å². The van der Waals surface area contributed by atoms with Crippen LogP contribution in [-0.2, 0) is 9.53 Å². The predicted octanol–water partition coefficient (Wildman–Crippen LogP) is -2.47. The van der Waals surface area contributed by atoms with Gasteiger partial charge in [0.1, 0.15) is 24.1 Å². The summed E-state index contributed by atoms with van der Waals surface area (Å²) in [5.74, 6) is -0.820. The van der Waals surface area contributed by atoms with Crippen molar-refractivity contribution >= 4 is 22.9 Å². The smallest absolute Gasteiger partial charge is 0.275 e. The number of hydrogen-bond acceptors (Lipinski definition) is 9. The van der Waals surface area contributed by atoms with Crippen LogP contribution in [0.2, 0.25) is 0 Å². The zero-order chi connectivity index (χ0) is 15.1. The van der Waals surface area contributed by atoms with E-state index in [0.717, 1.165) is 0 Å². The lowest BCUT2D eigenvalue weighted by atomic mass is 10.1. The lowest BCUT2D eigenvalue weighted by Crippen LogP contribution is -2.41. The number of nitrogens with two attached hydrogens (primary N) is 1. The third kappa shape index (κ3) is 1.99. The van der Waals surface area contributed by atoms with Crippen molar-refractivity contribution in [1.82, 2.24) is 25.0 Å². The quantitative estimate of drug-likeness (QED) is 0.298. The Morgan fingerprint density at radius 1 is 1.33 bits per heavy atom. The Balaban J connectivity index is 2.00. The maximum atomic E-state index is 11.4. The zero-order valence-corrected chi connectivity index (χ0v) is 10.5. The summed E-state index contributed by atoms with van der Waals surface area (Å²) in [6.45, 7) is 0. The number of aromatic nitrogens is 4. The highest BCUT2D eigenvalue weighted by atomic mass is 16.6. The van der Waals surface area contributed by atoms with Crippen LogP contribution in [0.15, 0.2) is 12.7 Å². The monoisotopic (exact) mass is 296 g/mol. The number of amides is 1. The minimum Gasteiger partial charge on any atom is -0.387 e. The molecule has 1 saturated heterocycles. The van der Waals surface area contributed by atoms with E-state index in [2.05, 4.69) is 15.0 Å². The molecule has 0 radical (unpaired) electrons. The molecule has 0 spiro atoms. The second-order valence-corrected chi connectivity index (χ2v) is 4.49. The van der Waals surface area contributed by atoms with Gasteiger partial charge in [0.05, 0.1) is 6.33 Å². The fourth-order valence-electron chi connectivity index (χ4n) is 2.23. The van der Waals surface area contributed by atoms with Crippen molar-refractivity contribution in [2.24, 2.45) is 0 Å². The Hall–Kier alpha value is -2.34. The molecule has 2 aromatic rings. The van der Waals surface area contributed by atoms with Crippen molar-refractivity contribution in [2.45, 2.75) is 24.5 Å². The summed E-state index contributed by atoms with van der Waals surface area (Å²) in [5, 5.41) is 28.4. The highest BCUT2D eigenvalue weighted by Gasteiger charge is 2.47. The Bertz CT molecular complexity index is 690. The molecular formula is C10H12N6O5. The van der Waals surface area contributed by atoms with Gasteiger partial charge in [0.15, 0.2) is 23.8 Å². The number of nitrogen functional groups attached to an aromatic ring is 1. The van der Waals surface area contributed by atoms with Gasteiger partial charge in [-0.05, 0) is 0 Å². The number of nitrogens with one attached hydrogen (secondary N) is 1. The van der Waals surface area contributed by atoms with Crippen molar-refractivity contribution in [2.75, 3.05) is 5.73 Å². The highest BCUT2D eigenvalue weighted by Crippen LogP contribution is 2.31. The number of hydrogen-bond donors (Lipinski definition) is 5. The molecule has 1 fully saturated rings. The number of carbonyl (C=O) groups excluding carboxylic acids is 1. The number of carbonyl (C=O) groups is 1. The standard InChI is InChI=1S/C10H12N6O5/c11-7-3-8(13-1-12-7)16(2-14-3)10-5(18)4(17)6(21-10)9(19)15-20/h1-2,4-6,10,17-18,20H,(H,15,19)(H2,11,12,13). The van der Waals surface area contributed by atoms with Gasteiger partial charge in [-0.2, -0.15) is 0 Å². The van der Waals surface area contributed by atoms with E-state index in [0.29, 0.717) is 5.52 Å². The van der Waals surface area contributed by atoms with Crippen molar-refractivity contribution in [3.05, 3.63) is 12.7 Å². The van der Waals surface area contributed by atoms with Crippen LogP contribution in [0.5, 0.6) is 0 Å². The van der Waals surface area contributed by atoms with Crippen LogP contribution in [0, 0.1) is 0 Å². The molecule has 1 amide bonds. The molecule has 4 unspecified atom stereocenters. The molecule has 4 atom stereocenters. The van der Waals surface area contributed by atoms with Gasteiger partial charge in [-0.3, -0.25) is 14.6 Å². The maximum Gasteiger partial charge on any atom is 0.275 e. The first-order valence-corrected chi connectivity index (χ1v) is 5.93. The molecule has 2 aromatic heterocycles. The Kier molecular flexibility index (Phi) is 3.17. The van der Waals surface area contributed by atoms with E-state index >= 15 is 0 Å². The summed E-state index contributed by atoms with van der Waals surface area (Å²) in [6.07, 6.45) is -2.95. The topological polar surface area (TPSA) is 169 Å². The fraction of sp³-hybridized carbons (Fsp3) is 0.400. The number of anilines is 1. The minimum atomic E-state index is -1.52. The number of fused-ring (bicyclic) bond motifs is 1. The van der Waals surface area contributed by atoms with Crippen LogP contribution in [-0.4, -0.2) is 59.2 Å². The number of rotatable bonds is 2. The number of aliphatic hydroxyl groups excluding tert-OH is 2. The van der Waals surface area contributed by atoms with Crippen molar-refractivity contribution in [1.29, 1.82) is 0 Å². The SMILES string of the molecule is Nc1ncnc2c1ncn2C1OC(C(=O)NO)C(O)C1O. The molecule has 11 nitrogen and oxygen atoms in total. The first kappa shape index (κ1) is 13.6. The van der Waals surface area contributed by atoms with Gasteiger partial charge in [-0.1, -0.05) is 0 Å². The Morgan fingerprint density at radius 2 is 2.10 bits per heavy atom. The molecule has 0 bridgehead atoms. The van der Waals surface area contributed by atoms with Crippen LogP contribution in [0.25, 0.3) is 11.2 Å². The van der Waals surface area contributed by atoms with E-state index in [-0.39, 0.29) is 11.5 Å². The second-order valence-electron chi connectivity index (χ2n) is 4.49. The summed E-state index contributed by atoms with van der Waals surface area (Å²) in [4.78, 5) is 23.1. The Morgan fingerprint density at radius 3 is 2.81 bits per heavy atom. The minimum absolute atomic E-state index is 0.149. The number of aliphatic hydroxyl groups is 2. The normalized spacial score (nSPS) is 28.9. The van der Waals surface area contributed by atoms with Crippen LogP contribution < -0.4 is 11.2 Å². The molecule has 0 saturated carbocycles. The molecule has 0 aliphatic carbocycles. The number of hydroxylamine groups is 1. The van der Waals surface area contributed by atoms with Gasteiger partial charge in [0.25, 0.3) is 5.91 Å². The lowest BCUT2D eigenvalue weighted by Gasteiger charge is -2.16. The third-order valence-corrected chi connectivity index (χ3v) is 3.27. The van der Waals surface area contributed by atoms with Gasteiger partial charge in [0, 0.05) is 0 Å². The highest BCUT2D eigenvalue weighted by molar-refractivity contribution is 5.82. The average Bonchev–Trinajstić information content (AvgIpc) is 3.02. The molecular weight excluding hydrogens is 284 g/mol. The van der Waals surface area contributed by atoms with Gasteiger partial charge in [0.2, 0.25) is 0 Å². The largest absolute Gasteiger partial charge is 0.387 e. The number of imidazole rings is 1. The molecule has 6 N–H and O–H groups in total. The van der Waals surface area contributed by atoms with Gasteiger partial charge in [-0.15, -0.1) is 0 Å². The molecule has 21 heavy (non-hydrogen) atoms. The summed E-state index contributed by atoms with van der Waals surface area (Å²) in [6, 6.07) is 0. The molecule has 112 valence electrons. The Labute approximate surface area is 117 Å².